The first-order valence-electron chi connectivity index (χ1n) is 8.23. The molecule has 1 atom stereocenters. The first-order chi connectivity index (χ1) is 11.1. The van der Waals surface area contributed by atoms with Crippen molar-refractivity contribution < 1.29 is 8.42 Å². The Morgan fingerprint density at radius 3 is 2.21 bits per heavy atom. The van der Waals surface area contributed by atoms with Crippen LogP contribution >= 0.6 is 0 Å². The Morgan fingerprint density at radius 2 is 1.67 bits per heavy atom. The Morgan fingerprint density at radius 1 is 1.04 bits per heavy atom. The van der Waals surface area contributed by atoms with E-state index in [2.05, 4.69) is 37.6 Å². The molecule has 130 valence electrons. The molecule has 24 heavy (non-hydrogen) atoms. The van der Waals surface area contributed by atoms with Crippen molar-refractivity contribution >= 4 is 10.0 Å². The fraction of sp³-hybridized carbons (Fsp3) is 0.400. The van der Waals surface area contributed by atoms with Crippen molar-refractivity contribution in [2.75, 3.05) is 0 Å². The fourth-order valence-corrected chi connectivity index (χ4v) is 4.05. The molecule has 0 aliphatic carbocycles. The number of hydrogen-bond donors (Lipinski definition) is 1. The zero-order valence-corrected chi connectivity index (χ0v) is 15.9. The molecule has 0 saturated heterocycles. The standard InChI is InChI=1S/C20H27NO2S/c1-15-7-6-8-17(13-15)14-24(22,23)21-16(2)18-9-11-19(12-10-18)20(3,4)5/h6-13,16,21H,14H2,1-5H3. The number of benzene rings is 2. The zero-order chi connectivity index (χ0) is 18.0. The second kappa shape index (κ2) is 7.08. The van der Waals surface area contributed by atoms with Gasteiger partial charge in [0.1, 0.15) is 0 Å². The summed E-state index contributed by atoms with van der Waals surface area (Å²) in [6, 6.07) is 15.5. The summed E-state index contributed by atoms with van der Waals surface area (Å²) in [6.07, 6.45) is 0. The Balaban J connectivity index is 2.09. The normalized spacial score (nSPS) is 13.7. The summed E-state index contributed by atoms with van der Waals surface area (Å²) in [7, 11) is -3.39. The molecule has 0 aliphatic rings. The van der Waals surface area contributed by atoms with Gasteiger partial charge in [0.15, 0.2) is 0 Å². The first kappa shape index (κ1) is 18.7. The van der Waals surface area contributed by atoms with Crippen LogP contribution in [-0.4, -0.2) is 8.42 Å². The molecule has 2 aromatic carbocycles. The molecule has 0 aliphatic heterocycles. The topological polar surface area (TPSA) is 46.2 Å². The van der Waals surface area contributed by atoms with Gasteiger partial charge in [-0.15, -0.1) is 0 Å². The van der Waals surface area contributed by atoms with Crippen LogP contribution in [0.25, 0.3) is 0 Å². The molecule has 0 heterocycles. The summed E-state index contributed by atoms with van der Waals surface area (Å²) in [5, 5.41) is 0. The van der Waals surface area contributed by atoms with Crippen molar-refractivity contribution in [3.8, 4) is 0 Å². The Hall–Kier alpha value is -1.65. The maximum atomic E-state index is 12.4. The smallest absolute Gasteiger partial charge is 0.212 e. The van der Waals surface area contributed by atoms with Gasteiger partial charge in [-0.2, -0.15) is 0 Å². The summed E-state index contributed by atoms with van der Waals surface area (Å²) >= 11 is 0. The Bertz CT molecular complexity index is 787. The van der Waals surface area contributed by atoms with Gasteiger partial charge in [0.2, 0.25) is 10.0 Å². The van der Waals surface area contributed by atoms with Crippen LogP contribution in [0.2, 0.25) is 0 Å². The predicted molar refractivity (Wildman–Crippen MR) is 100 cm³/mol. The molecule has 0 bridgehead atoms. The molecule has 0 spiro atoms. The van der Waals surface area contributed by atoms with E-state index in [1.54, 1.807) is 0 Å². The minimum Gasteiger partial charge on any atom is -0.212 e. The largest absolute Gasteiger partial charge is 0.216 e. The van der Waals surface area contributed by atoms with Gasteiger partial charge in [-0.25, -0.2) is 13.1 Å². The average molecular weight is 346 g/mol. The molecule has 1 unspecified atom stereocenters. The van der Waals surface area contributed by atoms with Gasteiger partial charge in [0, 0.05) is 6.04 Å². The van der Waals surface area contributed by atoms with Crippen molar-refractivity contribution in [3.63, 3.8) is 0 Å². The van der Waals surface area contributed by atoms with E-state index in [-0.39, 0.29) is 17.2 Å². The third-order valence-electron chi connectivity index (χ3n) is 4.07. The minimum atomic E-state index is -3.39. The lowest BCUT2D eigenvalue weighted by atomic mass is 9.86. The van der Waals surface area contributed by atoms with Crippen molar-refractivity contribution in [2.24, 2.45) is 0 Å². The highest BCUT2D eigenvalue weighted by Crippen LogP contribution is 2.24. The van der Waals surface area contributed by atoms with E-state index in [1.165, 1.54) is 5.56 Å². The van der Waals surface area contributed by atoms with Crippen LogP contribution in [0.15, 0.2) is 48.5 Å². The van der Waals surface area contributed by atoms with Crippen LogP contribution < -0.4 is 4.72 Å². The van der Waals surface area contributed by atoms with E-state index in [9.17, 15) is 8.42 Å². The summed E-state index contributed by atoms with van der Waals surface area (Å²) < 4.78 is 27.6. The van der Waals surface area contributed by atoms with Crippen LogP contribution in [0.1, 0.15) is 56.0 Å². The summed E-state index contributed by atoms with van der Waals surface area (Å²) in [5.41, 5.74) is 4.16. The maximum Gasteiger partial charge on any atom is 0.216 e. The van der Waals surface area contributed by atoms with Gasteiger partial charge in [-0.1, -0.05) is 74.9 Å². The highest BCUT2D eigenvalue weighted by atomic mass is 32.2. The van der Waals surface area contributed by atoms with Crippen LogP contribution in [0.4, 0.5) is 0 Å². The third kappa shape index (κ3) is 5.18. The van der Waals surface area contributed by atoms with Crippen molar-refractivity contribution in [1.29, 1.82) is 0 Å². The van der Waals surface area contributed by atoms with Gasteiger partial charge in [-0.05, 0) is 36.0 Å². The monoisotopic (exact) mass is 345 g/mol. The van der Waals surface area contributed by atoms with Gasteiger partial charge in [-0.3, -0.25) is 0 Å². The Kier molecular flexibility index (Phi) is 5.51. The minimum absolute atomic E-state index is 0.000898. The molecule has 0 fully saturated rings. The van der Waals surface area contributed by atoms with E-state index in [4.69, 9.17) is 0 Å². The molecule has 1 N–H and O–H groups in total. The number of sulfonamides is 1. The highest BCUT2D eigenvalue weighted by Gasteiger charge is 2.18. The molecule has 0 aromatic heterocycles. The van der Waals surface area contributed by atoms with Crippen LogP contribution in [0.5, 0.6) is 0 Å². The van der Waals surface area contributed by atoms with Gasteiger partial charge in [0.05, 0.1) is 5.75 Å². The zero-order valence-electron chi connectivity index (χ0n) is 15.1. The number of rotatable bonds is 5. The van der Waals surface area contributed by atoms with Crippen molar-refractivity contribution in [3.05, 3.63) is 70.8 Å². The lowest BCUT2D eigenvalue weighted by molar-refractivity contribution is 0.565. The second-order valence-corrected chi connectivity index (χ2v) is 9.21. The fourth-order valence-electron chi connectivity index (χ4n) is 2.67. The molecular formula is C20H27NO2S. The number of hydrogen-bond acceptors (Lipinski definition) is 2. The van der Waals surface area contributed by atoms with Crippen LogP contribution in [0.3, 0.4) is 0 Å². The molecule has 4 heteroatoms. The van der Waals surface area contributed by atoms with Gasteiger partial charge < -0.3 is 0 Å². The summed E-state index contributed by atoms with van der Waals surface area (Å²) in [4.78, 5) is 0. The van der Waals surface area contributed by atoms with E-state index in [0.717, 1.165) is 16.7 Å². The van der Waals surface area contributed by atoms with E-state index in [1.807, 2.05) is 50.2 Å². The molecule has 3 nitrogen and oxygen atoms in total. The van der Waals surface area contributed by atoms with Crippen LogP contribution in [0, 0.1) is 6.92 Å². The van der Waals surface area contributed by atoms with E-state index < -0.39 is 10.0 Å². The third-order valence-corrected chi connectivity index (χ3v) is 5.50. The highest BCUT2D eigenvalue weighted by molar-refractivity contribution is 7.88. The van der Waals surface area contributed by atoms with Gasteiger partial charge >= 0.3 is 0 Å². The first-order valence-corrected chi connectivity index (χ1v) is 9.88. The number of nitrogens with one attached hydrogen (secondary N) is 1. The summed E-state index contributed by atoms with van der Waals surface area (Å²) in [5.74, 6) is -0.000898. The van der Waals surface area contributed by atoms with E-state index in [0.29, 0.717) is 0 Å². The average Bonchev–Trinajstić information content (AvgIpc) is 2.45. The summed E-state index contributed by atoms with van der Waals surface area (Å²) in [6.45, 7) is 10.3. The number of aryl methyl sites for hydroxylation is 1. The van der Waals surface area contributed by atoms with Gasteiger partial charge in [0.25, 0.3) is 0 Å². The molecule has 0 amide bonds. The molecule has 2 rings (SSSR count). The lowest BCUT2D eigenvalue weighted by Gasteiger charge is -2.20. The Labute approximate surface area is 146 Å². The molecular weight excluding hydrogens is 318 g/mol. The second-order valence-electron chi connectivity index (χ2n) is 7.46. The van der Waals surface area contributed by atoms with E-state index >= 15 is 0 Å². The maximum absolute atomic E-state index is 12.4. The SMILES string of the molecule is Cc1cccc(CS(=O)(=O)NC(C)c2ccc(C(C)(C)C)cc2)c1. The quantitative estimate of drug-likeness (QED) is 0.869. The van der Waals surface area contributed by atoms with Crippen molar-refractivity contribution in [1.82, 2.24) is 4.72 Å². The van der Waals surface area contributed by atoms with Crippen molar-refractivity contribution in [2.45, 2.75) is 51.8 Å². The molecule has 0 radical (unpaired) electrons. The predicted octanol–water partition coefficient (Wildman–Crippen LogP) is 4.47. The molecule has 0 saturated carbocycles. The van der Waals surface area contributed by atoms with Crippen LogP contribution in [-0.2, 0) is 21.2 Å². The molecule has 2 aromatic rings. The lowest BCUT2D eigenvalue weighted by Crippen LogP contribution is -2.28.